The Balaban J connectivity index is 0.00000441. The molecule has 0 atom stereocenters. The van der Waals surface area contributed by atoms with E-state index in [1.54, 1.807) is 4.90 Å². The number of hydrogen-bond donors (Lipinski definition) is 3. The molecule has 1 aliphatic heterocycles. The molecule has 1 aliphatic rings. The Bertz CT molecular complexity index is 370. The molecule has 1 heterocycles. The smallest absolute Gasteiger partial charge is 0.314 e. The highest BCUT2D eigenvalue weighted by atomic mass is 127. The molecule has 0 aromatic rings. The summed E-state index contributed by atoms with van der Waals surface area (Å²) in [4.78, 5) is 17.5. The van der Waals surface area contributed by atoms with Crippen molar-refractivity contribution in [2.75, 3.05) is 32.4 Å². The number of urea groups is 1. The zero-order chi connectivity index (χ0) is 15.9. The number of piperidine rings is 1. The van der Waals surface area contributed by atoms with Crippen LogP contribution in [0.15, 0.2) is 4.99 Å². The number of halogens is 1. The molecule has 0 saturated carbocycles. The summed E-state index contributed by atoms with van der Waals surface area (Å²) >= 11 is 1.82. The maximum Gasteiger partial charge on any atom is 0.314 e. The van der Waals surface area contributed by atoms with Gasteiger partial charge in [-0.25, -0.2) is 4.79 Å². The largest absolute Gasteiger partial charge is 0.357 e. The molecule has 1 fully saturated rings. The van der Waals surface area contributed by atoms with Gasteiger partial charge in [-0.1, -0.05) is 0 Å². The molecular formula is C14H30IN5OS. The van der Waals surface area contributed by atoms with Crippen molar-refractivity contribution in [2.24, 2.45) is 10.7 Å². The third-order valence-electron chi connectivity index (χ3n) is 3.66. The highest BCUT2D eigenvalue weighted by molar-refractivity contribution is 14.0. The van der Waals surface area contributed by atoms with Crippen LogP contribution in [0.2, 0.25) is 0 Å². The van der Waals surface area contributed by atoms with E-state index < -0.39 is 0 Å². The molecule has 1 rings (SSSR count). The van der Waals surface area contributed by atoms with Crippen molar-refractivity contribution in [2.45, 2.75) is 44.4 Å². The number of carbonyl (C=O) groups is 1. The predicted molar refractivity (Wildman–Crippen MR) is 106 cm³/mol. The number of carbonyl (C=O) groups excluding carboxylic acids is 1. The van der Waals surface area contributed by atoms with Crippen molar-refractivity contribution >= 4 is 47.7 Å². The number of nitrogens with two attached hydrogens (primary N) is 1. The van der Waals surface area contributed by atoms with Crippen LogP contribution in [-0.2, 0) is 0 Å². The molecule has 6 nitrogen and oxygen atoms in total. The van der Waals surface area contributed by atoms with Crippen LogP contribution in [0.25, 0.3) is 0 Å². The topological polar surface area (TPSA) is 82.8 Å². The Labute approximate surface area is 155 Å². The molecule has 8 heteroatoms. The van der Waals surface area contributed by atoms with Gasteiger partial charge in [-0.05, 0) is 39.9 Å². The van der Waals surface area contributed by atoms with Crippen LogP contribution in [-0.4, -0.2) is 60.1 Å². The summed E-state index contributed by atoms with van der Waals surface area (Å²) in [5, 5.41) is 6.75. The number of likely N-dealkylation sites (tertiary alicyclic amines) is 1. The predicted octanol–water partition coefficient (Wildman–Crippen LogP) is 1.84. The van der Waals surface area contributed by atoms with Gasteiger partial charge < -0.3 is 21.3 Å². The second kappa shape index (κ2) is 10.4. The van der Waals surface area contributed by atoms with Crippen LogP contribution in [0.3, 0.4) is 0 Å². The lowest BCUT2D eigenvalue weighted by atomic mass is 10.1. The summed E-state index contributed by atoms with van der Waals surface area (Å²) in [6.07, 6.45) is 3.91. The number of thioether (sulfide) groups is 1. The zero-order valence-corrected chi connectivity index (χ0v) is 17.2. The lowest BCUT2D eigenvalue weighted by Crippen LogP contribution is -2.51. The SMILES string of the molecule is CCNC(=NCC(C)(C)SC)NC1CCN(C(N)=O)CC1.I. The fourth-order valence-corrected chi connectivity index (χ4v) is 2.29. The van der Waals surface area contributed by atoms with Crippen LogP contribution >= 0.6 is 35.7 Å². The first-order valence-corrected chi connectivity index (χ1v) is 8.75. The number of aliphatic imine (C=N–C) groups is 1. The van der Waals surface area contributed by atoms with Crippen molar-refractivity contribution in [3.05, 3.63) is 0 Å². The van der Waals surface area contributed by atoms with Crippen molar-refractivity contribution < 1.29 is 4.79 Å². The molecule has 130 valence electrons. The maximum absolute atomic E-state index is 11.1. The average molecular weight is 443 g/mol. The van der Waals surface area contributed by atoms with Gasteiger partial charge in [0, 0.05) is 30.4 Å². The van der Waals surface area contributed by atoms with Gasteiger partial charge in [-0.3, -0.25) is 4.99 Å². The summed E-state index contributed by atoms with van der Waals surface area (Å²) < 4.78 is 0.137. The number of amides is 2. The van der Waals surface area contributed by atoms with Crippen molar-refractivity contribution in [1.82, 2.24) is 15.5 Å². The average Bonchev–Trinajstić information content (AvgIpc) is 2.46. The number of nitrogens with zero attached hydrogens (tertiary/aromatic N) is 2. The van der Waals surface area contributed by atoms with Crippen LogP contribution < -0.4 is 16.4 Å². The van der Waals surface area contributed by atoms with Crippen LogP contribution in [0.1, 0.15) is 33.6 Å². The molecule has 0 radical (unpaired) electrons. The molecular weight excluding hydrogens is 413 g/mol. The maximum atomic E-state index is 11.1. The van der Waals surface area contributed by atoms with Gasteiger partial charge in [0.25, 0.3) is 0 Å². The fraction of sp³-hybridized carbons (Fsp3) is 0.857. The van der Waals surface area contributed by atoms with E-state index in [2.05, 4.69) is 42.7 Å². The van der Waals surface area contributed by atoms with E-state index in [0.29, 0.717) is 19.1 Å². The Morgan fingerprint density at radius 1 is 1.41 bits per heavy atom. The van der Waals surface area contributed by atoms with E-state index in [9.17, 15) is 4.79 Å². The van der Waals surface area contributed by atoms with Crippen LogP contribution in [0.5, 0.6) is 0 Å². The molecule has 2 amide bonds. The number of primary amides is 1. The minimum absolute atomic E-state index is 0. The first-order chi connectivity index (χ1) is 9.88. The summed E-state index contributed by atoms with van der Waals surface area (Å²) in [5.41, 5.74) is 5.30. The minimum atomic E-state index is -0.323. The van der Waals surface area contributed by atoms with E-state index in [4.69, 9.17) is 5.73 Å². The second-order valence-electron chi connectivity index (χ2n) is 5.90. The van der Waals surface area contributed by atoms with Gasteiger partial charge in [-0.15, -0.1) is 24.0 Å². The van der Waals surface area contributed by atoms with Crippen LogP contribution in [0, 0.1) is 0 Å². The van der Waals surface area contributed by atoms with Gasteiger partial charge in [0.1, 0.15) is 0 Å². The highest BCUT2D eigenvalue weighted by Gasteiger charge is 2.22. The summed E-state index contributed by atoms with van der Waals surface area (Å²) in [6, 6.07) is 0.0199. The lowest BCUT2D eigenvalue weighted by molar-refractivity contribution is 0.188. The van der Waals surface area contributed by atoms with E-state index in [0.717, 1.165) is 31.9 Å². The Morgan fingerprint density at radius 2 is 2.00 bits per heavy atom. The molecule has 0 spiro atoms. The van der Waals surface area contributed by atoms with Gasteiger partial charge in [0.15, 0.2) is 5.96 Å². The summed E-state index contributed by atoms with van der Waals surface area (Å²) in [5.74, 6) is 0.858. The fourth-order valence-electron chi connectivity index (χ4n) is 2.09. The Kier molecular flexibility index (Phi) is 10.2. The Hall–Kier alpha value is -0.380. The quantitative estimate of drug-likeness (QED) is 0.344. The van der Waals surface area contributed by atoms with Gasteiger partial charge >= 0.3 is 6.03 Å². The molecule has 1 saturated heterocycles. The molecule has 0 bridgehead atoms. The third kappa shape index (κ3) is 7.75. The number of nitrogens with one attached hydrogen (secondary N) is 2. The van der Waals surface area contributed by atoms with E-state index in [1.807, 2.05) is 11.8 Å². The molecule has 0 aliphatic carbocycles. The van der Waals surface area contributed by atoms with Crippen LogP contribution in [0.4, 0.5) is 4.79 Å². The van der Waals surface area contributed by atoms with Gasteiger partial charge in [0.05, 0.1) is 6.54 Å². The first kappa shape index (κ1) is 21.6. The van der Waals surface area contributed by atoms with Gasteiger partial charge in [0.2, 0.25) is 0 Å². The van der Waals surface area contributed by atoms with E-state index in [1.165, 1.54) is 0 Å². The lowest BCUT2D eigenvalue weighted by Gasteiger charge is -2.32. The number of hydrogen-bond acceptors (Lipinski definition) is 3. The van der Waals surface area contributed by atoms with Crippen molar-refractivity contribution in [3.8, 4) is 0 Å². The molecule has 0 unspecified atom stereocenters. The minimum Gasteiger partial charge on any atom is -0.357 e. The molecule has 0 aromatic carbocycles. The van der Waals surface area contributed by atoms with Crippen molar-refractivity contribution in [1.29, 1.82) is 0 Å². The third-order valence-corrected chi connectivity index (χ3v) is 4.90. The van der Waals surface area contributed by atoms with Crippen molar-refractivity contribution in [3.63, 3.8) is 0 Å². The zero-order valence-electron chi connectivity index (χ0n) is 14.0. The molecule has 0 aromatic heterocycles. The summed E-state index contributed by atoms with van der Waals surface area (Å²) in [7, 11) is 0. The second-order valence-corrected chi connectivity index (χ2v) is 7.42. The molecule has 4 N–H and O–H groups in total. The van der Waals surface area contributed by atoms with Gasteiger partial charge in [-0.2, -0.15) is 11.8 Å². The normalized spacial score (nSPS) is 16.9. The molecule has 22 heavy (non-hydrogen) atoms. The monoisotopic (exact) mass is 443 g/mol. The van der Waals surface area contributed by atoms with E-state index >= 15 is 0 Å². The summed E-state index contributed by atoms with van der Waals surface area (Å²) in [6.45, 7) is 9.47. The first-order valence-electron chi connectivity index (χ1n) is 7.52. The number of guanidine groups is 1. The standard InChI is InChI=1S/C14H29N5OS.HI/c1-5-16-13(17-10-14(2,3)21-4)18-11-6-8-19(9-7-11)12(15)20;/h11H,5-10H2,1-4H3,(H2,15,20)(H2,16,17,18);1H. The highest BCUT2D eigenvalue weighted by Crippen LogP contribution is 2.21. The van der Waals surface area contributed by atoms with E-state index in [-0.39, 0.29) is 34.8 Å². The Morgan fingerprint density at radius 3 is 2.45 bits per heavy atom. The number of rotatable bonds is 5.